The first-order valence-corrected chi connectivity index (χ1v) is 6.95. The number of nitrogens with two attached hydrogens (primary N) is 1. The Labute approximate surface area is 113 Å². The van der Waals surface area contributed by atoms with Gasteiger partial charge in [0.25, 0.3) is 0 Å². The van der Waals surface area contributed by atoms with Crippen molar-refractivity contribution in [3.63, 3.8) is 0 Å². The van der Waals surface area contributed by atoms with Crippen molar-refractivity contribution in [3.05, 3.63) is 11.7 Å². The first-order chi connectivity index (χ1) is 9.16. The zero-order valence-electron chi connectivity index (χ0n) is 11.7. The van der Waals surface area contributed by atoms with Gasteiger partial charge in [0.05, 0.1) is 19.8 Å². The zero-order valence-corrected chi connectivity index (χ0v) is 11.7. The summed E-state index contributed by atoms with van der Waals surface area (Å²) in [6, 6.07) is 0.248. The average Bonchev–Trinajstić information content (AvgIpc) is 2.89. The first-order valence-electron chi connectivity index (χ1n) is 6.95. The van der Waals surface area contributed by atoms with Crippen LogP contribution in [0.15, 0.2) is 4.52 Å². The van der Waals surface area contributed by atoms with Gasteiger partial charge in [-0.25, -0.2) is 0 Å². The molecule has 6 nitrogen and oxygen atoms in total. The van der Waals surface area contributed by atoms with Gasteiger partial charge in [0, 0.05) is 12.0 Å². The molecule has 1 fully saturated rings. The second-order valence-corrected chi connectivity index (χ2v) is 5.23. The van der Waals surface area contributed by atoms with Crippen LogP contribution in [-0.2, 0) is 9.47 Å². The minimum absolute atomic E-state index is 0.192. The Morgan fingerprint density at radius 1 is 1.32 bits per heavy atom. The molecule has 1 aliphatic rings. The number of ether oxygens (including phenoxy) is 2. The first kappa shape index (κ1) is 14.4. The van der Waals surface area contributed by atoms with Gasteiger partial charge in [0.1, 0.15) is 6.10 Å². The zero-order chi connectivity index (χ0) is 13.7. The van der Waals surface area contributed by atoms with Crippen LogP contribution in [0.1, 0.15) is 56.8 Å². The van der Waals surface area contributed by atoms with E-state index in [1.54, 1.807) is 0 Å². The molecule has 0 amide bonds. The SMILES string of the molecule is CC(N)CCCC(C)c1nc(C2COCCO2)no1. The maximum Gasteiger partial charge on any atom is 0.229 e. The van der Waals surface area contributed by atoms with Crippen molar-refractivity contribution in [2.75, 3.05) is 19.8 Å². The topological polar surface area (TPSA) is 83.4 Å². The molecule has 2 rings (SSSR count). The van der Waals surface area contributed by atoms with E-state index in [0.717, 1.165) is 19.3 Å². The van der Waals surface area contributed by atoms with Crippen molar-refractivity contribution >= 4 is 0 Å². The van der Waals surface area contributed by atoms with Crippen molar-refractivity contribution in [2.45, 2.75) is 51.2 Å². The highest BCUT2D eigenvalue weighted by atomic mass is 16.6. The summed E-state index contributed by atoms with van der Waals surface area (Å²) >= 11 is 0. The van der Waals surface area contributed by atoms with E-state index in [4.69, 9.17) is 19.7 Å². The lowest BCUT2D eigenvalue weighted by Crippen LogP contribution is -2.22. The number of nitrogens with zero attached hydrogens (tertiary/aromatic N) is 2. The van der Waals surface area contributed by atoms with Gasteiger partial charge in [-0.05, 0) is 19.8 Å². The lowest BCUT2D eigenvalue weighted by molar-refractivity contribution is -0.0941. The van der Waals surface area contributed by atoms with E-state index >= 15 is 0 Å². The molecular weight excluding hydrogens is 246 g/mol. The molecule has 0 bridgehead atoms. The van der Waals surface area contributed by atoms with Gasteiger partial charge >= 0.3 is 0 Å². The smallest absolute Gasteiger partial charge is 0.229 e. The molecule has 0 spiro atoms. The summed E-state index contributed by atoms with van der Waals surface area (Å²) in [5.41, 5.74) is 5.74. The van der Waals surface area contributed by atoms with Gasteiger partial charge in [-0.15, -0.1) is 0 Å². The van der Waals surface area contributed by atoms with Crippen LogP contribution in [0.4, 0.5) is 0 Å². The van der Waals surface area contributed by atoms with Crippen LogP contribution >= 0.6 is 0 Å². The van der Waals surface area contributed by atoms with Crippen LogP contribution in [0.5, 0.6) is 0 Å². The third kappa shape index (κ3) is 4.26. The van der Waals surface area contributed by atoms with Crippen molar-refractivity contribution in [1.29, 1.82) is 0 Å². The quantitative estimate of drug-likeness (QED) is 0.847. The molecule has 3 unspecified atom stereocenters. The van der Waals surface area contributed by atoms with Gasteiger partial charge in [0.15, 0.2) is 0 Å². The second kappa shape index (κ2) is 6.98. The van der Waals surface area contributed by atoms with Crippen LogP contribution < -0.4 is 5.73 Å². The summed E-state index contributed by atoms with van der Waals surface area (Å²) in [7, 11) is 0. The molecule has 1 aromatic heterocycles. The summed E-state index contributed by atoms with van der Waals surface area (Å²) in [5.74, 6) is 1.52. The number of aromatic nitrogens is 2. The molecule has 0 saturated carbocycles. The van der Waals surface area contributed by atoms with Gasteiger partial charge in [-0.2, -0.15) is 4.98 Å². The molecule has 19 heavy (non-hydrogen) atoms. The molecule has 108 valence electrons. The minimum atomic E-state index is -0.192. The van der Waals surface area contributed by atoms with Crippen LogP contribution in [0.3, 0.4) is 0 Å². The Bertz CT molecular complexity index is 375. The number of hydrogen-bond acceptors (Lipinski definition) is 6. The van der Waals surface area contributed by atoms with E-state index < -0.39 is 0 Å². The van der Waals surface area contributed by atoms with Crippen LogP contribution in [0.25, 0.3) is 0 Å². The Balaban J connectivity index is 1.85. The Morgan fingerprint density at radius 2 is 2.16 bits per heavy atom. The van der Waals surface area contributed by atoms with Gasteiger partial charge in [0.2, 0.25) is 11.7 Å². The highest BCUT2D eigenvalue weighted by Crippen LogP contribution is 2.23. The standard InChI is InChI=1S/C13H23N3O3/c1-9(4-3-5-10(2)14)13-15-12(16-19-13)11-8-17-6-7-18-11/h9-11H,3-8,14H2,1-2H3. The van der Waals surface area contributed by atoms with E-state index in [2.05, 4.69) is 17.1 Å². The van der Waals surface area contributed by atoms with E-state index in [1.807, 2.05) is 6.92 Å². The summed E-state index contributed by atoms with van der Waals surface area (Å²) in [5, 5.41) is 3.99. The molecule has 2 N–H and O–H groups in total. The largest absolute Gasteiger partial charge is 0.376 e. The fraction of sp³-hybridized carbons (Fsp3) is 0.846. The summed E-state index contributed by atoms with van der Waals surface area (Å²) in [4.78, 5) is 4.42. The lowest BCUT2D eigenvalue weighted by atomic mass is 10.0. The maximum absolute atomic E-state index is 5.74. The number of rotatable bonds is 6. The van der Waals surface area contributed by atoms with Crippen molar-refractivity contribution in [3.8, 4) is 0 Å². The highest BCUT2D eigenvalue weighted by Gasteiger charge is 2.23. The lowest BCUT2D eigenvalue weighted by Gasteiger charge is -2.19. The predicted molar refractivity (Wildman–Crippen MR) is 69.7 cm³/mol. The molecule has 1 saturated heterocycles. The predicted octanol–water partition coefficient (Wildman–Crippen LogP) is 1.78. The average molecular weight is 269 g/mol. The molecule has 1 aromatic rings. The molecule has 0 aromatic carbocycles. The van der Waals surface area contributed by atoms with Crippen LogP contribution in [-0.4, -0.2) is 36.0 Å². The van der Waals surface area contributed by atoms with Crippen LogP contribution in [0, 0.1) is 0 Å². The van der Waals surface area contributed by atoms with Gasteiger partial charge < -0.3 is 19.7 Å². The van der Waals surface area contributed by atoms with Crippen LogP contribution in [0.2, 0.25) is 0 Å². The minimum Gasteiger partial charge on any atom is -0.376 e. The van der Waals surface area contributed by atoms with Crippen molar-refractivity contribution in [1.82, 2.24) is 10.1 Å². The molecule has 0 aliphatic carbocycles. The summed E-state index contributed by atoms with van der Waals surface area (Å²) in [6.45, 7) is 5.83. The highest BCUT2D eigenvalue weighted by molar-refractivity contribution is 4.96. The van der Waals surface area contributed by atoms with E-state index in [0.29, 0.717) is 31.5 Å². The molecule has 6 heteroatoms. The molecule has 0 radical (unpaired) electrons. The Morgan fingerprint density at radius 3 is 2.84 bits per heavy atom. The van der Waals surface area contributed by atoms with Gasteiger partial charge in [-0.1, -0.05) is 18.5 Å². The molecule has 1 aliphatic heterocycles. The van der Waals surface area contributed by atoms with E-state index in [-0.39, 0.29) is 18.1 Å². The normalized spacial score (nSPS) is 23.2. The second-order valence-electron chi connectivity index (χ2n) is 5.23. The third-order valence-electron chi connectivity index (χ3n) is 3.28. The van der Waals surface area contributed by atoms with E-state index in [9.17, 15) is 0 Å². The van der Waals surface area contributed by atoms with Crippen molar-refractivity contribution < 1.29 is 14.0 Å². The fourth-order valence-corrected chi connectivity index (χ4v) is 2.08. The molecule has 2 heterocycles. The van der Waals surface area contributed by atoms with Crippen molar-refractivity contribution in [2.24, 2.45) is 5.73 Å². The third-order valence-corrected chi connectivity index (χ3v) is 3.28. The fourth-order valence-electron chi connectivity index (χ4n) is 2.08. The summed E-state index contributed by atoms with van der Waals surface area (Å²) < 4.78 is 16.2. The summed E-state index contributed by atoms with van der Waals surface area (Å²) in [6.07, 6.45) is 2.90. The maximum atomic E-state index is 5.74. The number of hydrogen-bond donors (Lipinski definition) is 1. The monoisotopic (exact) mass is 269 g/mol. The molecular formula is C13H23N3O3. The Kier molecular flexibility index (Phi) is 5.30. The van der Waals surface area contributed by atoms with Gasteiger partial charge in [-0.3, -0.25) is 0 Å². The molecule has 3 atom stereocenters. The van der Waals surface area contributed by atoms with E-state index in [1.165, 1.54) is 0 Å². The Hall–Kier alpha value is -0.980.